The fraction of sp³-hybridized carbons (Fsp3) is 0.500. The monoisotopic (exact) mass is 258 g/mol. The van der Waals surface area contributed by atoms with Crippen LogP contribution in [0.4, 0.5) is 0 Å². The second-order valence-electron chi connectivity index (χ2n) is 5.12. The molecule has 3 N–H and O–H groups in total. The van der Waals surface area contributed by atoms with E-state index in [4.69, 9.17) is 11.0 Å². The summed E-state index contributed by atoms with van der Waals surface area (Å²) in [4.78, 5) is 16.0. The largest absolute Gasteiger partial charge is 0.352 e. The van der Waals surface area contributed by atoms with Crippen LogP contribution in [0.1, 0.15) is 31.2 Å². The first-order valence-electron chi connectivity index (χ1n) is 6.50. The second-order valence-corrected chi connectivity index (χ2v) is 5.12. The van der Waals surface area contributed by atoms with E-state index in [0.29, 0.717) is 32.2 Å². The normalized spacial score (nSPS) is 26.4. The lowest BCUT2D eigenvalue weighted by atomic mass is 9.77. The zero-order valence-electron chi connectivity index (χ0n) is 10.8. The van der Waals surface area contributed by atoms with Gasteiger partial charge >= 0.3 is 0 Å². The van der Waals surface area contributed by atoms with Crippen LogP contribution in [-0.4, -0.2) is 16.4 Å². The molecular weight excluding hydrogens is 240 g/mol. The predicted molar refractivity (Wildman–Crippen MR) is 70.6 cm³/mol. The molecule has 19 heavy (non-hydrogen) atoms. The van der Waals surface area contributed by atoms with Crippen LogP contribution in [0, 0.1) is 17.2 Å². The van der Waals surface area contributed by atoms with Crippen LogP contribution < -0.4 is 11.1 Å². The highest BCUT2D eigenvalue weighted by atomic mass is 16.1. The number of hydrogen-bond acceptors (Lipinski definition) is 4. The van der Waals surface area contributed by atoms with Crippen LogP contribution in [0.3, 0.4) is 0 Å². The van der Waals surface area contributed by atoms with Crippen LogP contribution in [-0.2, 0) is 11.3 Å². The molecule has 1 aliphatic rings. The summed E-state index contributed by atoms with van der Waals surface area (Å²) in [7, 11) is 0. The van der Waals surface area contributed by atoms with Crippen molar-refractivity contribution in [2.45, 2.75) is 37.8 Å². The van der Waals surface area contributed by atoms with E-state index in [9.17, 15) is 4.79 Å². The molecule has 0 bridgehead atoms. The molecule has 2 rings (SSSR count). The van der Waals surface area contributed by atoms with Gasteiger partial charge in [-0.1, -0.05) is 0 Å². The summed E-state index contributed by atoms with van der Waals surface area (Å²) in [5, 5.41) is 11.9. The molecule has 0 spiro atoms. The average Bonchev–Trinajstić information content (AvgIpc) is 2.47. The molecule has 1 aromatic rings. The summed E-state index contributed by atoms with van der Waals surface area (Å²) in [6, 6.07) is 5.89. The Balaban J connectivity index is 1.81. The third-order valence-electron chi connectivity index (χ3n) is 3.69. The number of hydrogen-bond donors (Lipinski definition) is 2. The van der Waals surface area contributed by atoms with Gasteiger partial charge < -0.3 is 11.1 Å². The zero-order valence-corrected chi connectivity index (χ0v) is 10.8. The molecule has 100 valence electrons. The molecular formula is C14H18N4O. The Morgan fingerprint density at radius 3 is 2.68 bits per heavy atom. The number of nitrogens with one attached hydrogen (secondary N) is 1. The molecule has 0 aromatic carbocycles. The van der Waals surface area contributed by atoms with Gasteiger partial charge in [-0.05, 0) is 43.4 Å². The highest BCUT2D eigenvalue weighted by Crippen LogP contribution is 2.30. The van der Waals surface area contributed by atoms with Crippen molar-refractivity contribution in [2.24, 2.45) is 11.7 Å². The predicted octanol–water partition coefficient (Wildman–Crippen LogP) is 1.11. The number of carbonyl (C=O) groups excluding carboxylic acids is 1. The molecule has 5 heteroatoms. The van der Waals surface area contributed by atoms with Gasteiger partial charge in [-0.15, -0.1) is 0 Å². The number of aromatic nitrogens is 1. The molecule has 1 saturated carbocycles. The van der Waals surface area contributed by atoms with E-state index in [1.54, 1.807) is 12.4 Å². The minimum Gasteiger partial charge on any atom is -0.352 e. The van der Waals surface area contributed by atoms with E-state index < -0.39 is 5.54 Å². The van der Waals surface area contributed by atoms with Gasteiger partial charge in [0.2, 0.25) is 5.91 Å². The Morgan fingerprint density at radius 2 is 2.11 bits per heavy atom. The lowest BCUT2D eigenvalue weighted by molar-refractivity contribution is -0.126. The summed E-state index contributed by atoms with van der Waals surface area (Å²) in [6.45, 7) is 0.518. The highest BCUT2D eigenvalue weighted by Gasteiger charge is 2.34. The second kappa shape index (κ2) is 5.81. The molecule has 1 heterocycles. The molecule has 1 fully saturated rings. The van der Waals surface area contributed by atoms with E-state index in [-0.39, 0.29) is 11.8 Å². The Hall–Kier alpha value is -1.93. The molecule has 0 saturated heterocycles. The number of rotatable bonds is 3. The Labute approximate surface area is 112 Å². The van der Waals surface area contributed by atoms with Crippen molar-refractivity contribution in [3.63, 3.8) is 0 Å². The highest BCUT2D eigenvalue weighted by molar-refractivity contribution is 5.78. The number of carbonyl (C=O) groups is 1. The lowest BCUT2D eigenvalue weighted by Crippen LogP contribution is -2.44. The number of nitrogens with two attached hydrogens (primary N) is 1. The molecule has 0 aliphatic heterocycles. The van der Waals surface area contributed by atoms with Crippen molar-refractivity contribution in [1.29, 1.82) is 5.26 Å². The van der Waals surface area contributed by atoms with Gasteiger partial charge in [0.15, 0.2) is 0 Å². The van der Waals surface area contributed by atoms with Gasteiger partial charge in [0.25, 0.3) is 0 Å². The Morgan fingerprint density at radius 1 is 1.47 bits per heavy atom. The van der Waals surface area contributed by atoms with Gasteiger partial charge in [-0.25, -0.2) is 0 Å². The number of pyridine rings is 1. The van der Waals surface area contributed by atoms with Crippen molar-refractivity contribution in [2.75, 3.05) is 0 Å². The maximum atomic E-state index is 12.0. The first kappa shape index (κ1) is 13.5. The molecule has 0 radical (unpaired) electrons. The Bertz CT molecular complexity index is 472. The number of amides is 1. The summed E-state index contributed by atoms with van der Waals surface area (Å²) in [5.74, 6) is 0.0312. The van der Waals surface area contributed by atoms with E-state index in [0.717, 1.165) is 5.56 Å². The van der Waals surface area contributed by atoms with Crippen LogP contribution >= 0.6 is 0 Å². The van der Waals surface area contributed by atoms with Crippen LogP contribution in [0.2, 0.25) is 0 Å². The van der Waals surface area contributed by atoms with E-state index in [1.807, 2.05) is 12.1 Å². The average molecular weight is 258 g/mol. The fourth-order valence-corrected chi connectivity index (χ4v) is 2.34. The lowest BCUT2D eigenvalue weighted by Gasteiger charge is -2.30. The topological polar surface area (TPSA) is 91.8 Å². The van der Waals surface area contributed by atoms with Crippen molar-refractivity contribution in [1.82, 2.24) is 10.3 Å². The quantitative estimate of drug-likeness (QED) is 0.849. The number of nitrogens with zero attached hydrogens (tertiary/aromatic N) is 2. The van der Waals surface area contributed by atoms with Crippen LogP contribution in [0.5, 0.6) is 0 Å². The van der Waals surface area contributed by atoms with Crippen molar-refractivity contribution >= 4 is 5.91 Å². The van der Waals surface area contributed by atoms with Gasteiger partial charge in [0, 0.05) is 24.9 Å². The summed E-state index contributed by atoms with van der Waals surface area (Å²) in [5.41, 5.74) is 6.18. The maximum absolute atomic E-state index is 12.0. The summed E-state index contributed by atoms with van der Waals surface area (Å²) < 4.78 is 0. The summed E-state index contributed by atoms with van der Waals surface area (Å²) in [6.07, 6.45) is 5.97. The van der Waals surface area contributed by atoms with Crippen LogP contribution in [0.25, 0.3) is 0 Å². The van der Waals surface area contributed by atoms with Gasteiger partial charge in [0.1, 0.15) is 5.54 Å². The fourth-order valence-electron chi connectivity index (χ4n) is 2.34. The molecule has 0 unspecified atom stereocenters. The molecule has 1 aromatic heterocycles. The van der Waals surface area contributed by atoms with Crippen molar-refractivity contribution < 1.29 is 4.79 Å². The summed E-state index contributed by atoms with van der Waals surface area (Å²) >= 11 is 0. The number of nitriles is 1. The van der Waals surface area contributed by atoms with Crippen molar-refractivity contribution in [3.8, 4) is 6.07 Å². The van der Waals surface area contributed by atoms with Gasteiger partial charge in [-0.3, -0.25) is 9.78 Å². The van der Waals surface area contributed by atoms with Crippen molar-refractivity contribution in [3.05, 3.63) is 30.1 Å². The zero-order chi connectivity index (χ0) is 13.7. The molecule has 1 amide bonds. The molecule has 0 atom stereocenters. The van der Waals surface area contributed by atoms with E-state index in [1.165, 1.54) is 0 Å². The van der Waals surface area contributed by atoms with Crippen LogP contribution in [0.15, 0.2) is 24.5 Å². The Kier molecular flexibility index (Phi) is 4.13. The standard InChI is InChI=1S/C14H18N4O/c15-10-14(16)5-1-12(2-6-14)13(19)18-9-11-3-7-17-8-4-11/h3-4,7-8,12H,1-2,5-6,9,16H2,(H,18,19). The minimum absolute atomic E-state index is 0.0214. The van der Waals surface area contributed by atoms with E-state index >= 15 is 0 Å². The van der Waals surface area contributed by atoms with E-state index in [2.05, 4.69) is 16.4 Å². The molecule has 5 nitrogen and oxygen atoms in total. The third kappa shape index (κ3) is 3.52. The SMILES string of the molecule is N#CC1(N)CCC(C(=O)NCc2ccncc2)CC1. The maximum Gasteiger partial charge on any atom is 0.223 e. The smallest absolute Gasteiger partial charge is 0.223 e. The minimum atomic E-state index is -0.734. The first-order valence-corrected chi connectivity index (χ1v) is 6.50. The van der Waals surface area contributed by atoms with Gasteiger partial charge in [-0.2, -0.15) is 5.26 Å². The molecule has 1 aliphatic carbocycles. The first-order chi connectivity index (χ1) is 9.13. The van der Waals surface area contributed by atoms with Gasteiger partial charge in [0.05, 0.1) is 6.07 Å². The third-order valence-corrected chi connectivity index (χ3v) is 3.69.